The van der Waals surface area contributed by atoms with Crippen molar-refractivity contribution in [1.29, 1.82) is 0 Å². The molecule has 1 aromatic carbocycles. The Balaban J connectivity index is 0.000000937. The molecule has 3 fully saturated rings. The highest BCUT2D eigenvalue weighted by Gasteiger charge is 2.31. The molecule has 202 valence electrons. The van der Waals surface area contributed by atoms with Gasteiger partial charge in [0.25, 0.3) is 0 Å². The van der Waals surface area contributed by atoms with Gasteiger partial charge in [0.1, 0.15) is 5.75 Å². The van der Waals surface area contributed by atoms with Crippen LogP contribution in [0.1, 0.15) is 43.7 Å². The quantitative estimate of drug-likeness (QED) is 0.475. The Bertz CT molecular complexity index is 1260. The predicted molar refractivity (Wildman–Crippen MR) is 135 cm³/mol. The van der Waals surface area contributed by atoms with Crippen molar-refractivity contribution in [2.24, 2.45) is 0 Å². The van der Waals surface area contributed by atoms with Crippen LogP contribution in [0.3, 0.4) is 0 Å². The summed E-state index contributed by atoms with van der Waals surface area (Å²) in [5, 5.41) is 6.11. The number of aromatic nitrogens is 3. The van der Waals surface area contributed by atoms with Gasteiger partial charge < -0.3 is 14.4 Å². The lowest BCUT2D eigenvalue weighted by Gasteiger charge is -2.41. The third kappa shape index (κ3) is 5.55. The van der Waals surface area contributed by atoms with Gasteiger partial charge in [-0.3, -0.25) is 4.90 Å². The summed E-state index contributed by atoms with van der Waals surface area (Å²) >= 11 is 0. The number of fused-ring (bicyclic) bond motifs is 1. The van der Waals surface area contributed by atoms with Crippen LogP contribution in [-0.4, -0.2) is 77.9 Å². The highest BCUT2D eigenvalue weighted by atomic mass is 19.3. The zero-order valence-corrected chi connectivity index (χ0v) is 21.1. The van der Waals surface area contributed by atoms with Gasteiger partial charge in [-0.25, -0.2) is 9.67 Å². The van der Waals surface area contributed by atoms with Crippen molar-refractivity contribution in [2.45, 2.75) is 50.7 Å². The molecule has 0 atom stereocenters. The first-order valence-electron chi connectivity index (χ1n) is 13.1. The number of piperidine rings is 1. The lowest BCUT2D eigenvalue weighted by molar-refractivity contribution is -0.191. The molecule has 2 saturated heterocycles. The van der Waals surface area contributed by atoms with Crippen molar-refractivity contribution in [3.8, 4) is 11.4 Å². The molecule has 0 N–H and O–H groups in total. The molecule has 3 aromatic rings. The molecule has 38 heavy (non-hydrogen) atoms. The summed E-state index contributed by atoms with van der Waals surface area (Å²) in [6.45, 7) is 2.84. The van der Waals surface area contributed by atoms with Crippen LogP contribution in [0.4, 0.5) is 14.5 Å². The molecule has 6 rings (SSSR count). The van der Waals surface area contributed by atoms with Crippen molar-refractivity contribution in [1.82, 2.24) is 19.7 Å². The van der Waals surface area contributed by atoms with Gasteiger partial charge in [-0.15, -0.1) is 0 Å². The number of nitrogens with zero attached hydrogens (tertiary/aromatic N) is 5. The number of alkyl halides is 2. The number of benzene rings is 1. The van der Waals surface area contributed by atoms with Crippen LogP contribution in [0.25, 0.3) is 16.7 Å². The van der Waals surface area contributed by atoms with Crippen LogP contribution < -0.4 is 9.64 Å². The second-order valence-electron chi connectivity index (χ2n) is 9.78. The SMILES string of the molecule is FC(F)Oc1cccc(-n2nc(C3CCC3)c3c(N4CCC(N5CCOCC5)CC4)ccnc32)c1.O=C=O. The van der Waals surface area contributed by atoms with Gasteiger partial charge >= 0.3 is 12.8 Å². The van der Waals surface area contributed by atoms with E-state index in [9.17, 15) is 8.78 Å². The van der Waals surface area contributed by atoms with Crippen molar-refractivity contribution >= 4 is 22.9 Å². The van der Waals surface area contributed by atoms with Crippen LogP contribution in [-0.2, 0) is 14.3 Å². The summed E-state index contributed by atoms with van der Waals surface area (Å²) in [6.07, 6.45) is 7.79. The van der Waals surface area contributed by atoms with Crippen LogP contribution in [0.5, 0.6) is 5.75 Å². The van der Waals surface area contributed by atoms with E-state index in [1.807, 2.05) is 12.3 Å². The van der Waals surface area contributed by atoms with Crippen molar-refractivity contribution in [3.63, 3.8) is 0 Å². The molecule has 11 heteroatoms. The van der Waals surface area contributed by atoms with E-state index in [1.54, 1.807) is 16.8 Å². The van der Waals surface area contributed by atoms with Crippen LogP contribution in [0.15, 0.2) is 36.5 Å². The molecule has 0 bridgehead atoms. The number of hydrogen-bond acceptors (Lipinski definition) is 8. The predicted octanol–water partition coefficient (Wildman–Crippen LogP) is 4.01. The van der Waals surface area contributed by atoms with Gasteiger partial charge in [0.05, 0.1) is 35.7 Å². The van der Waals surface area contributed by atoms with E-state index in [0.717, 1.165) is 81.8 Å². The fourth-order valence-corrected chi connectivity index (χ4v) is 5.67. The maximum atomic E-state index is 12.8. The number of rotatable bonds is 6. The second-order valence-corrected chi connectivity index (χ2v) is 9.78. The first-order valence-corrected chi connectivity index (χ1v) is 13.1. The normalized spacial score (nSPS) is 19.1. The molecule has 2 aromatic heterocycles. The lowest BCUT2D eigenvalue weighted by atomic mass is 9.82. The average molecular weight is 528 g/mol. The molecular weight excluding hydrogens is 496 g/mol. The molecule has 0 unspecified atom stereocenters. The van der Waals surface area contributed by atoms with E-state index < -0.39 is 6.61 Å². The standard InChI is InChI=1S/C26H31F2N5O2.CO2/c27-26(28)35-21-6-2-5-20(17-21)33-25-23(24(30-33)18-3-1-4-18)22(7-10-29-25)32-11-8-19(9-12-32)31-13-15-34-16-14-31;2-1-3/h2,5-7,10,17-19,26H,1,3-4,8-9,11-16H2;. The summed E-state index contributed by atoms with van der Waals surface area (Å²) in [7, 11) is 0. The summed E-state index contributed by atoms with van der Waals surface area (Å²) in [4.78, 5) is 26.0. The molecule has 0 amide bonds. The molecule has 9 nitrogen and oxygen atoms in total. The first kappa shape index (κ1) is 26.2. The van der Waals surface area contributed by atoms with Crippen molar-refractivity contribution < 1.29 is 27.8 Å². The fraction of sp³-hybridized carbons (Fsp3) is 0.519. The zero-order chi connectivity index (χ0) is 26.5. The Kier molecular flexibility index (Phi) is 8.26. The van der Waals surface area contributed by atoms with Crippen molar-refractivity contribution in [2.75, 3.05) is 44.3 Å². The zero-order valence-electron chi connectivity index (χ0n) is 21.1. The maximum Gasteiger partial charge on any atom is 0.387 e. The van der Waals surface area contributed by atoms with E-state index >= 15 is 0 Å². The monoisotopic (exact) mass is 527 g/mol. The van der Waals surface area contributed by atoms with E-state index in [2.05, 4.69) is 20.6 Å². The van der Waals surface area contributed by atoms with E-state index in [1.165, 1.54) is 18.2 Å². The molecule has 1 aliphatic carbocycles. The number of anilines is 1. The minimum Gasteiger partial charge on any atom is -0.435 e. The second kappa shape index (κ2) is 12.0. The minimum atomic E-state index is -2.87. The topological polar surface area (TPSA) is 89.8 Å². The highest BCUT2D eigenvalue weighted by Crippen LogP contribution is 2.42. The molecule has 1 saturated carbocycles. The van der Waals surface area contributed by atoms with E-state index in [-0.39, 0.29) is 11.9 Å². The third-order valence-corrected chi connectivity index (χ3v) is 7.72. The van der Waals surface area contributed by atoms with Crippen LogP contribution in [0.2, 0.25) is 0 Å². The summed E-state index contributed by atoms with van der Waals surface area (Å²) in [5.74, 6) is 0.528. The van der Waals surface area contributed by atoms with Gasteiger partial charge in [0.15, 0.2) is 5.65 Å². The largest absolute Gasteiger partial charge is 0.435 e. The van der Waals surface area contributed by atoms with E-state index in [0.29, 0.717) is 17.6 Å². The number of hydrogen-bond donors (Lipinski definition) is 0. The van der Waals surface area contributed by atoms with Crippen LogP contribution >= 0.6 is 0 Å². The molecular formula is C27H31F2N5O4. The number of carbonyl (C=O) groups excluding carboxylic acids is 2. The Morgan fingerprint density at radius 2 is 1.76 bits per heavy atom. The highest BCUT2D eigenvalue weighted by molar-refractivity contribution is 5.93. The summed E-state index contributed by atoms with van der Waals surface area (Å²) in [6, 6.07) is 9.43. The van der Waals surface area contributed by atoms with Gasteiger partial charge in [-0.2, -0.15) is 23.5 Å². The van der Waals surface area contributed by atoms with Gasteiger partial charge in [-0.05, 0) is 43.9 Å². The Morgan fingerprint density at radius 3 is 2.42 bits per heavy atom. The van der Waals surface area contributed by atoms with Gasteiger partial charge in [0.2, 0.25) is 0 Å². The van der Waals surface area contributed by atoms with E-state index in [4.69, 9.17) is 24.4 Å². The molecule has 2 aliphatic heterocycles. The number of pyridine rings is 1. The number of halogens is 2. The summed E-state index contributed by atoms with van der Waals surface area (Å²) < 4.78 is 37.6. The Morgan fingerprint density at radius 1 is 1.03 bits per heavy atom. The molecule has 0 spiro atoms. The third-order valence-electron chi connectivity index (χ3n) is 7.72. The van der Waals surface area contributed by atoms with Gasteiger partial charge in [0, 0.05) is 50.4 Å². The first-order chi connectivity index (χ1) is 18.6. The van der Waals surface area contributed by atoms with Gasteiger partial charge in [-0.1, -0.05) is 12.5 Å². The van der Waals surface area contributed by atoms with Crippen LogP contribution in [0, 0.1) is 0 Å². The number of ether oxygens (including phenoxy) is 2. The fourth-order valence-electron chi connectivity index (χ4n) is 5.67. The molecule has 4 heterocycles. The lowest BCUT2D eigenvalue weighted by Crippen LogP contribution is -2.49. The molecule has 3 aliphatic rings. The number of morpholine rings is 1. The molecule has 0 radical (unpaired) electrons. The Hall–Kier alpha value is -3.40. The van der Waals surface area contributed by atoms with Crippen molar-refractivity contribution in [3.05, 3.63) is 42.2 Å². The smallest absolute Gasteiger partial charge is 0.387 e. The minimum absolute atomic E-state index is 0.118. The summed E-state index contributed by atoms with van der Waals surface area (Å²) in [5.41, 5.74) is 3.71. The maximum absolute atomic E-state index is 12.8. The Labute approximate surface area is 219 Å². The average Bonchev–Trinajstić information content (AvgIpc) is 3.28.